The van der Waals surface area contributed by atoms with Crippen molar-refractivity contribution in [3.05, 3.63) is 70.3 Å². The first-order valence-electron chi connectivity index (χ1n) is 9.36. The fourth-order valence-electron chi connectivity index (χ4n) is 3.35. The van der Waals surface area contributed by atoms with Gasteiger partial charge in [0.25, 0.3) is 5.56 Å². The molecule has 0 bridgehead atoms. The number of hydrogen-bond donors (Lipinski definition) is 3. The molecule has 0 aliphatic heterocycles. The van der Waals surface area contributed by atoms with Crippen molar-refractivity contribution in [3.8, 4) is 16.9 Å². The number of halogens is 2. The van der Waals surface area contributed by atoms with Crippen LogP contribution in [0.1, 0.15) is 23.2 Å². The highest BCUT2D eigenvalue weighted by Crippen LogP contribution is 2.29. The summed E-state index contributed by atoms with van der Waals surface area (Å²) in [6.07, 6.45) is 3.10. The van der Waals surface area contributed by atoms with Gasteiger partial charge in [0, 0.05) is 36.5 Å². The number of aromatic amines is 1. The molecule has 0 aliphatic rings. The molecule has 0 spiro atoms. The number of rotatable bonds is 6. The van der Waals surface area contributed by atoms with Gasteiger partial charge in [-0.2, -0.15) is 5.10 Å². The number of nitrogens with zero attached hydrogens (tertiary/aromatic N) is 3. The van der Waals surface area contributed by atoms with Gasteiger partial charge in [-0.25, -0.2) is 8.78 Å². The van der Waals surface area contributed by atoms with Crippen LogP contribution in [0.4, 0.5) is 14.6 Å². The first-order valence-corrected chi connectivity index (χ1v) is 9.36. The topological polar surface area (TPSA) is 127 Å². The zero-order valence-electron chi connectivity index (χ0n) is 16.1. The van der Waals surface area contributed by atoms with E-state index in [-0.39, 0.29) is 46.8 Å². The van der Waals surface area contributed by atoms with Gasteiger partial charge in [0.1, 0.15) is 22.7 Å². The third kappa shape index (κ3) is 3.57. The lowest BCUT2D eigenvalue weighted by molar-refractivity contribution is 0.0971. The van der Waals surface area contributed by atoms with Crippen LogP contribution in [0.25, 0.3) is 27.8 Å². The van der Waals surface area contributed by atoms with Gasteiger partial charge < -0.3 is 10.8 Å². The molecule has 0 saturated heterocycles. The molecule has 0 amide bonds. The lowest BCUT2D eigenvalue weighted by Gasteiger charge is -2.12. The van der Waals surface area contributed by atoms with Crippen LogP contribution in [0, 0.1) is 11.6 Å². The summed E-state index contributed by atoms with van der Waals surface area (Å²) in [7, 11) is 0. The monoisotopic (exact) mass is 425 g/mol. The SMILES string of the molecule is Nc1n[nH]c2c(-c3cc(C(=O)CCCO)ccn3)cn(-c3c(F)cccc3F)c(=O)c12. The van der Waals surface area contributed by atoms with Gasteiger partial charge in [0.05, 0.1) is 11.2 Å². The number of carbonyl (C=O) groups is 1. The van der Waals surface area contributed by atoms with E-state index in [4.69, 9.17) is 10.8 Å². The summed E-state index contributed by atoms with van der Waals surface area (Å²) in [6, 6.07) is 6.28. The molecule has 0 saturated carbocycles. The number of nitrogen functional groups attached to an aromatic ring is 1. The third-order valence-electron chi connectivity index (χ3n) is 4.85. The van der Waals surface area contributed by atoms with Crippen molar-refractivity contribution in [2.24, 2.45) is 0 Å². The van der Waals surface area contributed by atoms with Crippen LogP contribution in [0.3, 0.4) is 0 Å². The van der Waals surface area contributed by atoms with Crippen molar-refractivity contribution in [2.75, 3.05) is 12.3 Å². The maximum atomic E-state index is 14.4. The zero-order valence-corrected chi connectivity index (χ0v) is 16.1. The molecule has 3 aromatic heterocycles. The van der Waals surface area contributed by atoms with Gasteiger partial charge in [0.15, 0.2) is 11.6 Å². The largest absolute Gasteiger partial charge is 0.396 e. The second-order valence-corrected chi connectivity index (χ2v) is 6.83. The summed E-state index contributed by atoms with van der Waals surface area (Å²) in [5, 5.41) is 15.4. The predicted octanol–water partition coefficient (Wildman–Crippen LogP) is 2.59. The predicted molar refractivity (Wildman–Crippen MR) is 110 cm³/mol. The Labute approximate surface area is 174 Å². The maximum absolute atomic E-state index is 14.4. The number of nitrogens with one attached hydrogen (secondary N) is 1. The number of pyridine rings is 2. The summed E-state index contributed by atoms with van der Waals surface area (Å²) in [6.45, 7) is -0.114. The van der Waals surface area contributed by atoms with E-state index in [2.05, 4.69) is 15.2 Å². The van der Waals surface area contributed by atoms with E-state index in [1.165, 1.54) is 30.6 Å². The van der Waals surface area contributed by atoms with Crippen molar-refractivity contribution in [3.63, 3.8) is 0 Å². The number of ketones is 1. The minimum absolute atomic E-state index is 0.0565. The summed E-state index contributed by atoms with van der Waals surface area (Å²) in [5.74, 6) is -2.21. The van der Waals surface area contributed by atoms with Crippen LogP contribution in [-0.2, 0) is 0 Å². The Bertz CT molecular complexity index is 1340. The summed E-state index contributed by atoms with van der Waals surface area (Å²) >= 11 is 0. The Hall–Kier alpha value is -3.92. The molecule has 0 radical (unpaired) electrons. The highest BCUT2D eigenvalue weighted by Gasteiger charge is 2.21. The highest BCUT2D eigenvalue weighted by molar-refractivity contribution is 6.00. The molecule has 4 rings (SSSR count). The number of Topliss-reactive ketones (excluding diaryl/α,β-unsaturated/α-hetero) is 1. The Morgan fingerprint density at radius 3 is 2.68 bits per heavy atom. The molecule has 1 aromatic carbocycles. The first-order chi connectivity index (χ1) is 14.9. The number of hydrogen-bond acceptors (Lipinski definition) is 6. The Balaban J connectivity index is 1.97. The van der Waals surface area contributed by atoms with Crippen LogP contribution in [0.15, 0.2) is 47.5 Å². The van der Waals surface area contributed by atoms with Gasteiger partial charge >= 0.3 is 0 Å². The minimum Gasteiger partial charge on any atom is -0.396 e. The van der Waals surface area contributed by atoms with Crippen molar-refractivity contribution in [1.82, 2.24) is 19.7 Å². The van der Waals surface area contributed by atoms with Crippen LogP contribution in [-0.4, -0.2) is 37.2 Å². The number of H-pyrrole nitrogens is 1. The van der Waals surface area contributed by atoms with E-state index in [0.717, 1.165) is 16.7 Å². The number of aliphatic hydroxyl groups excluding tert-OH is 1. The molecule has 10 heteroatoms. The summed E-state index contributed by atoms with van der Waals surface area (Å²) in [4.78, 5) is 29.6. The average molecular weight is 425 g/mol. The normalized spacial score (nSPS) is 11.2. The molecule has 158 valence electrons. The minimum atomic E-state index is -0.935. The van der Waals surface area contributed by atoms with E-state index in [1.807, 2.05) is 0 Å². The molecule has 0 atom stereocenters. The van der Waals surface area contributed by atoms with Gasteiger partial charge in [-0.3, -0.25) is 24.2 Å². The fraction of sp³-hybridized carbons (Fsp3) is 0.143. The quantitative estimate of drug-likeness (QED) is 0.408. The fourth-order valence-corrected chi connectivity index (χ4v) is 3.35. The number of fused-ring (bicyclic) bond motifs is 1. The number of nitrogens with two attached hydrogens (primary N) is 1. The molecular weight excluding hydrogens is 408 g/mol. The molecule has 0 aliphatic carbocycles. The first kappa shape index (κ1) is 20.4. The van der Waals surface area contributed by atoms with Crippen LogP contribution >= 0.6 is 0 Å². The third-order valence-corrected chi connectivity index (χ3v) is 4.85. The Morgan fingerprint density at radius 2 is 1.97 bits per heavy atom. The zero-order chi connectivity index (χ0) is 22.1. The summed E-state index contributed by atoms with van der Waals surface area (Å²) < 4.78 is 29.7. The molecule has 0 fully saturated rings. The number of para-hydroxylation sites is 1. The van der Waals surface area contributed by atoms with Crippen molar-refractivity contribution in [2.45, 2.75) is 12.8 Å². The van der Waals surface area contributed by atoms with Crippen LogP contribution < -0.4 is 11.3 Å². The van der Waals surface area contributed by atoms with Gasteiger partial charge in [-0.15, -0.1) is 0 Å². The van der Waals surface area contributed by atoms with Gasteiger partial charge in [0.2, 0.25) is 0 Å². The maximum Gasteiger partial charge on any atom is 0.268 e. The molecule has 4 aromatic rings. The van der Waals surface area contributed by atoms with Crippen molar-refractivity contribution >= 4 is 22.5 Å². The van der Waals surface area contributed by atoms with Crippen molar-refractivity contribution < 1.29 is 18.7 Å². The Morgan fingerprint density at radius 1 is 1.23 bits per heavy atom. The number of aromatic nitrogens is 4. The van der Waals surface area contributed by atoms with Gasteiger partial charge in [-0.1, -0.05) is 6.07 Å². The molecule has 31 heavy (non-hydrogen) atoms. The Kier molecular flexibility index (Phi) is 5.30. The van der Waals surface area contributed by atoms with Gasteiger partial charge in [-0.05, 0) is 30.7 Å². The van der Waals surface area contributed by atoms with E-state index in [9.17, 15) is 18.4 Å². The van der Waals surface area contributed by atoms with Crippen LogP contribution in [0.2, 0.25) is 0 Å². The molecule has 8 nitrogen and oxygen atoms in total. The molecule has 4 N–H and O–H groups in total. The lowest BCUT2D eigenvalue weighted by Crippen LogP contribution is -2.21. The number of aliphatic hydroxyl groups is 1. The smallest absolute Gasteiger partial charge is 0.268 e. The second-order valence-electron chi connectivity index (χ2n) is 6.83. The molecule has 3 heterocycles. The van der Waals surface area contributed by atoms with E-state index < -0.39 is 22.9 Å². The lowest BCUT2D eigenvalue weighted by atomic mass is 10.0. The number of carbonyl (C=O) groups excluding carboxylic acids is 1. The number of benzene rings is 1. The molecule has 0 unspecified atom stereocenters. The molecular formula is C21H17F2N5O3. The van der Waals surface area contributed by atoms with E-state index in [0.29, 0.717) is 12.0 Å². The van der Waals surface area contributed by atoms with E-state index in [1.54, 1.807) is 0 Å². The van der Waals surface area contributed by atoms with Crippen molar-refractivity contribution in [1.29, 1.82) is 0 Å². The second kappa shape index (κ2) is 8.07. The number of anilines is 1. The van der Waals surface area contributed by atoms with E-state index >= 15 is 0 Å². The van der Waals surface area contributed by atoms with Crippen LogP contribution in [0.5, 0.6) is 0 Å². The summed E-state index contributed by atoms with van der Waals surface area (Å²) in [5.41, 5.74) is 5.63. The average Bonchev–Trinajstić information content (AvgIpc) is 3.15. The highest BCUT2D eigenvalue weighted by atomic mass is 19.1. The standard InChI is InChI=1S/C21H17F2N5O3/c22-13-3-1-4-14(23)19(13)28-10-12(18-17(21(28)31)20(24)27-26-18)15-9-11(6-7-25-15)16(30)5-2-8-29/h1,3-4,6-7,9-10,29H,2,5,8H2,(H3,24,26,27).